The van der Waals surface area contributed by atoms with E-state index in [9.17, 15) is 9.59 Å². The predicted molar refractivity (Wildman–Crippen MR) is 99.0 cm³/mol. The average Bonchev–Trinajstić information content (AvgIpc) is 2.56. The molecule has 0 saturated heterocycles. The Kier molecular flexibility index (Phi) is 4.40. The summed E-state index contributed by atoms with van der Waals surface area (Å²) in [5.74, 6) is 0.632. The van der Waals surface area contributed by atoms with Crippen molar-refractivity contribution < 1.29 is 0 Å². The summed E-state index contributed by atoms with van der Waals surface area (Å²) < 4.78 is 3.17. The average molecular weight is 335 g/mol. The molecule has 5 heteroatoms. The van der Waals surface area contributed by atoms with Gasteiger partial charge >= 0.3 is 0 Å². The smallest absolute Gasteiger partial charge is 0.259 e. The van der Waals surface area contributed by atoms with Gasteiger partial charge in [-0.3, -0.25) is 18.7 Å². The molecule has 0 spiro atoms. The zero-order valence-corrected chi connectivity index (χ0v) is 14.9. The van der Waals surface area contributed by atoms with Gasteiger partial charge in [0.05, 0.1) is 5.69 Å². The highest BCUT2D eigenvalue weighted by Gasteiger charge is 2.12. The van der Waals surface area contributed by atoms with Crippen molar-refractivity contribution in [3.63, 3.8) is 0 Å². The molecular formula is C20H21N3O2. The second-order valence-electron chi connectivity index (χ2n) is 6.46. The molecule has 0 N–H and O–H groups in total. The van der Waals surface area contributed by atoms with Gasteiger partial charge in [-0.2, -0.15) is 0 Å². The molecule has 0 unspecified atom stereocenters. The zero-order chi connectivity index (χ0) is 18.1. The highest BCUT2D eigenvalue weighted by molar-refractivity contribution is 5.46. The number of hydrogen-bond donors (Lipinski definition) is 0. The SMILES string of the molecule is Cc1cnc(-n2cccc(C(C)C)c2=O)cc1-n1c(C)cccc1=O. The molecule has 128 valence electrons. The number of pyridine rings is 3. The molecule has 3 heterocycles. The Hall–Kier alpha value is -2.95. The topological polar surface area (TPSA) is 56.9 Å². The molecule has 0 aromatic carbocycles. The summed E-state index contributed by atoms with van der Waals surface area (Å²) in [5, 5.41) is 0. The molecule has 0 atom stereocenters. The summed E-state index contributed by atoms with van der Waals surface area (Å²) in [6.07, 6.45) is 3.40. The summed E-state index contributed by atoms with van der Waals surface area (Å²) in [5.41, 5.74) is 2.97. The van der Waals surface area contributed by atoms with E-state index < -0.39 is 0 Å². The second-order valence-corrected chi connectivity index (χ2v) is 6.46. The molecule has 0 fully saturated rings. The van der Waals surface area contributed by atoms with E-state index in [0.717, 1.165) is 22.5 Å². The first-order valence-electron chi connectivity index (χ1n) is 8.28. The van der Waals surface area contributed by atoms with Crippen LogP contribution in [0.3, 0.4) is 0 Å². The van der Waals surface area contributed by atoms with Crippen LogP contribution in [0.4, 0.5) is 0 Å². The summed E-state index contributed by atoms with van der Waals surface area (Å²) in [4.78, 5) is 29.5. The Morgan fingerprint density at radius 3 is 2.48 bits per heavy atom. The molecule has 0 saturated carbocycles. The maximum absolute atomic E-state index is 12.7. The molecule has 3 aromatic heterocycles. The quantitative estimate of drug-likeness (QED) is 0.739. The Morgan fingerprint density at radius 1 is 1.04 bits per heavy atom. The lowest BCUT2D eigenvalue weighted by Gasteiger charge is -2.15. The third kappa shape index (κ3) is 3.05. The minimum Gasteiger partial charge on any atom is -0.281 e. The van der Waals surface area contributed by atoms with Crippen LogP contribution in [0.15, 0.2) is 58.4 Å². The normalized spacial score (nSPS) is 11.1. The van der Waals surface area contributed by atoms with Gasteiger partial charge in [-0.1, -0.05) is 26.0 Å². The van der Waals surface area contributed by atoms with Crippen LogP contribution in [0.1, 0.15) is 36.6 Å². The highest BCUT2D eigenvalue weighted by atomic mass is 16.1. The van der Waals surface area contributed by atoms with Gasteiger partial charge in [0.1, 0.15) is 5.82 Å². The van der Waals surface area contributed by atoms with Crippen molar-refractivity contribution in [3.05, 3.63) is 86.3 Å². The lowest BCUT2D eigenvalue weighted by molar-refractivity contribution is 0.810. The summed E-state index contributed by atoms with van der Waals surface area (Å²) >= 11 is 0. The lowest BCUT2D eigenvalue weighted by Crippen LogP contribution is -2.24. The summed E-state index contributed by atoms with van der Waals surface area (Å²) in [7, 11) is 0. The molecule has 3 aromatic rings. The Bertz CT molecular complexity index is 1050. The number of rotatable bonds is 3. The fourth-order valence-electron chi connectivity index (χ4n) is 2.91. The van der Waals surface area contributed by atoms with E-state index in [2.05, 4.69) is 4.98 Å². The first-order valence-corrected chi connectivity index (χ1v) is 8.28. The van der Waals surface area contributed by atoms with Crippen LogP contribution < -0.4 is 11.1 Å². The second kappa shape index (κ2) is 6.51. The Morgan fingerprint density at radius 2 is 1.80 bits per heavy atom. The maximum atomic E-state index is 12.7. The zero-order valence-electron chi connectivity index (χ0n) is 14.9. The molecular weight excluding hydrogens is 314 g/mol. The first-order chi connectivity index (χ1) is 11.9. The van der Waals surface area contributed by atoms with Crippen LogP contribution in [0.25, 0.3) is 11.5 Å². The van der Waals surface area contributed by atoms with Crippen LogP contribution in [0.2, 0.25) is 0 Å². The fraction of sp³-hybridized carbons (Fsp3) is 0.250. The Labute approximate surface area is 146 Å². The standard InChI is InChI=1S/C20H21N3O2/c1-13(2)16-8-6-10-22(20(16)25)18-11-17(14(3)12-21-18)23-15(4)7-5-9-19(23)24/h5-13H,1-4H3. The van der Waals surface area contributed by atoms with Crippen LogP contribution in [-0.4, -0.2) is 14.1 Å². The molecule has 0 aliphatic carbocycles. The lowest BCUT2D eigenvalue weighted by atomic mass is 10.1. The van der Waals surface area contributed by atoms with Crippen molar-refractivity contribution >= 4 is 0 Å². The molecule has 0 aliphatic rings. The monoisotopic (exact) mass is 335 g/mol. The third-order valence-electron chi connectivity index (χ3n) is 4.30. The van der Waals surface area contributed by atoms with E-state index in [4.69, 9.17) is 0 Å². The van der Waals surface area contributed by atoms with E-state index in [1.807, 2.05) is 45.9 Å². The third-order valence-corrected chi connectivity index (χ3v) is 4.30. The van der Waals surface area contributed by atoms with Crippen LogP contribution >= 0.6 is 0 Å². The molecule has 0 aliphatic heterocycles. The number of hydrogen-bond acceptors (Lipinski definition) is 3. The van der Waals surface area contributed by atoms with Gasteiger partial charge in [0.2, 0.25) is 0 Å². The van der Waals surface area contributed by atoms with Crippen molar-refractivity contribution in [3.8, 4) is 11.5 Å². The van der Waals surface area contributed by atoms with E-state index >= 15 is 0 Å². The minimum absolute atomic E-state index is 0.0862. The minimum atomic E-state index is -0.108. The van der Waals surface area contributed by atoms with E-state index in [0.29, 0.717) is 5.82 Å². The molecule has 0 radical (unpaired) electrons. The van der Waals surface area contributed by atoms with Gasteiger partial charge in [-0.05, 0) is 37.5 Å². The highest BCUT2D eigenvalue weighted by Crippen LogP contribution is 2.17. The van der Waals surface area contributed by atoms with Gasteiger partial charge < -0.3 is 0 Å². The molecule has 0 amide bonds. The van der Waals surface area contributed by atoms with Gasteiger partial charge in [0.15, 0.2) is 0 Å². The van der Waals surface area contributed by atoms with Crippen LogP contribution in [0, 0.1) is 13.8 Å². The van der Waals surface area contributed by atoms with Gasteiger partial charge in [0.25, 0.3) is 11.1 Å². The number of aryl methyl sites for hydroxylation is 2. The van der Waals surface area contributed by atoms with Crippen molar-refractivity contribution in [2.75, 3.05) is 0 Å². The van der Waals surface area contributed by atoms with E-state index in [-0.39, 0.29) is 17.0 Å². The van der Waals surface area contributed by atoms with Gasteiger partial charge in [-0.15, -0.1) is 0 Å². The maximum Gasteiger partial charge on any atom is 0.259 e. The molecule has 3 rings (SSSR count). The summed E-state index contributed by atoms with van der Waals surface area (Å²) in [6.45, 7) is 7.76. The van der Waals surface area contributed by atoms with Gasteiger partial charge in [0, 0.05) is 35.8 Å². The number of nitrogens with zero attached hydrogens (tertiary/aromatic N) is 3. The molecule has 0 bridgehead atoms. The van der Waals surface area contributed by atoms with Gasteiger partial charge in [-0.25, -0.2) is 4.98 Å². The van der Waals surface area contributed by atoms with E-state index in [1.54, 1.807) is 29.1 Å². The van der Waals surface area contributed by atoms with Crippen molar-refractivity contribution in [2.45, 2.75) is 33.6 Å². The number of aromatic nitrogens is 3. The molecule has 5 nitrogen and oxygen atoms in total. The van der Waals surface area contributed by atoms with Crippen molar-refractivity contribution in [1.29, 1.82) is 0 Å². The van der Waals surface area contributed by atoms with Crippen molar-refractivity contribution in [2.24, 2.45) is 0 Å². The van der Waals surface area contributed by atoms with Crippen LogP contribution in [0.5, 0.6) is 0 Å². The van der Waals surface area contributed by atoms with Crippen molar-refractivity contribution in [1.82, 2.24) is 14.1 Å². The summed E-state index contributed by atoms with van der Waals surface area (Å²) in [6, 6.07) is 10.6. The van der Waals surface area contributed by atoms with E-state index in [1.165, 1.54) is 10.6 Å². The Balaban J connectivity index is 2.25. The fourth-order valence-corrected chi connectivity index (χ4v) is 2.91. The largest absolute Gasteiger partial charge is 0.281 e. The predicted octanol–water partition coefficient (Wildman–Crippen LogP) is 3.12. The molecule has 25 heavy (non-hydrogen) atoms. The first kappa shape index (κ1) is 16.9. The van der Waals surface area contributed by atoms with Crippen LogP contribution in [-0.2, 0) is 0 Å².